The van der Waals surface area contributed by atoms with Crippen molar-refractivity contribution in [2.24, 2.45) is 0 Å². The number of aliphatic hydroxyl groups is 6. The Bertz CT molecular complexity index is 598. The van der Waals surface area contributed by atoms with Gasteiger partial charge >= 0.3 is 0 Å². The lowest BCUT2D eigenvalue weighted by Crippen LogP contribution is -2.28. The molecule has 0 bridgehead atoms. The van der Waals surface area contributed by atoms with Crippen molar-refractivity contribution >= 4 is 0 Å². The van der Waals surface area contributed by atoms with Crippen molar-refractivity contribution in [2.45, 2.75) is 64.8 Å². The Balaban J connectivity index is -0.000000706. The van der Waals surface area contributed by atoms with Gasteiger partial charge in [-0.2, -0.15) is 0 Å². The molecule has 0 aromatic rings. The van der Waals surface area contributed by atoms with E-state index in [9.17, 15) is 0 Å². The zero-order chi connectivity index (χ0) is 39.0. The summed E-state index contributed by atoms with van der Waals surface area (Å²) in [5, 5.41) is 52.0. The molecule has 0 amide bonds. The summed E-state index contributed by atoms with van der Waals surface area (Å²) < 4.78 is 58.2. The third-order valence-corrected chi connectivity index (χ3v) is 5.97. The fraction of sp³-hybridized carbons (Fsp3) is 1.00. The van der Waals surface area contributed by atoms with Gasteiger partial charge in [-0.15, -0.1) is 0 Å². The van der Waals surface area contributed by atoms with Crippen LogP contribution in [0.3, 0.4) is 0 Å². The molecule has 0 rings (SSSR count). The average Bonchev–Trinajstić information content (AvgIpc) is 3.15. The fourth-order valence-corrected chi connectivity index (χ4v) is 3.55. The van der Waals surface area contributed by atoms with Gasteiger partial charge < -0.3 is 82.7 Å². The van der Waals surface area contributed by atoms with Crippen LogP contribution in [0, 0.1) is 0 Å². The molecule has 0 fully saturated rings. The molecule has 0 aliphatic carbocycles. The molecule has 6 N–H and O–H groups in total. The molecule has 0 aliphatic heterocycles. The first-order valence-corrected chi connectivity index (χ1v) is 18.7. The maximum Gasteiger partial charge on any atom is 0.104 e. The third-order valence-electron chi connectivity index (χ3n) is 5.97. The molecule has 0 radical (unpaired) electrons. The molecule has 0 spiro atoms. The highest BCUT2D eigenvalue weighted by Crippen LogP contribution is 2.00. The standard InChI is InChI=1S/C14H30O7.C11H24O5.C10H22O5/c1-2-5-17-8-9-20-13-14(12-19-7-4-16)21-11-10-18-6-3-15;1-2-6-15-10-11(3-4-12)16-9-8-14-7-5-13;1-2-4-14-9-10(8-12)15-7-6-13-5-3-11/h14-16H,2-13H2,1H3;11-13H,2-10H2,1H3;10-12H,2-9H2,1H3. The minimum absolute atomic E-state index is 0.00388. The number of ether oxygens (including phenoxy) is 11. The van der Waals surface area contributed by atoms with Crippen LogP contribution in [-0.4, -0.2) is 214 Å². The highest BCUT2D eigenvalue weighted by Gasteiger charge is 2.11. The topological polar surface area (TPSA) is 223 Å². The van der Waals surface area contributed by atoms with Crippen molar-refractivity contribution in [1.82, 2.24) is 0 Å². The molecule has 52 heavy (non-hydrogen) atoms. The van der Waals surface area contributed by atoms with Gasteiger partial charge in [-0.1, -0.05) is 20.8 Å². The minimum atomic E-state index is -0.283. The largest absolute Gasteiger partial charge is 0.396 e. The van der Waals surface area contributed by atoms with E-state index in [-0.39, 0.29) is 64.6 Å². The maximum absolute atomic E-state index is 8.94. The highest BCUT2D eigenvalue weighted by molar-refractivity contribution is 4.57. The summed E-state index contributed by atoms with van der Waals surface area (Å²) >= 11 is 0. The number of aliphatic hydroxyl groups excluding tert-OH is 6. The molecule has 318 valence electrons. The summed E-state index contributed by atoms with van der Waals surface area (Å²) in [5.74, 6) is 0. The second-order valence-electron chi connectivity index (χ2n) is 10.8. The van der Waals surface area contributed by atoms with Crippen molar-refractivity contribution < 1.29 is 82.7 Å². The zero-order valence-electron chi connectivity index (χ0n) is 32.4. The van der Waals surface area contributed by atoms with Gasteiger partial charge in [0.2, 0.25) is 0 Å². The van der Waals surface area contributed by atoms with Crippen molar-refractivity contribution in [3.8, 4) is 0 Å². The Kier molecular flexibility index (Phi) is 56.1. The second kappa shape index (κ2) is 52.4. The van der Waals surface area contributed by atoms with Gasteiger partial charge in [0.15, 0.2) is 0 Å². The first-order chi connectivity index (χ1) is 25.5. The molecular formula is C35H76O17. The molecule has 0 saturated heterocycles. The van der Waals surface area contributed by atoms with Crippen LogP contribution in [0.2, 0.25) is 0 Å². The Labute approximate surface area is 312 Å². The molecule has 0 aliphatic rings. The van der Waals surface area contributed by atoms with Crippen LogP contribution in [0.25, 0.3) is 0 Å². The Morgan fingerprint density at radius 2 is 0.615 bits per heavy atom. The summed E-state index contributed by atoms with van der Waals surface area (Å²) in [6, 6.07) is 0. The van der Waals surface area contributed by atoms with Crippen molar-refractivity contribution in [3.05, 3.63) is 0 Å². The first kappa shape index (κ1) is 55.7. The average molecular weight is 769 g/mol. The van der Waals surface area contributed by atoms with E-state index in [4.69, 9.17) is 82.7 Å². The van der Waals surface area contributed by atoms with Crippen LogP contribution in [0.1, 0.15) is 46.5 Å². The summed E-state index contributed by atoms with van der Waals surface area (Å²) in [5.41, 5.74) is 0. The van der Waals surface area contributed by atoms with E-state index in [1.807, 2.05) is 13.8 Å². The number of hydrogen-bond acceptors (Lipinski definition) is 17. The van der Waals surface area contributed by atoms with Crippen LogP contribution < -0.4 is 0 Å². The SMILES string of the molecule is CCCOCC(CCO)OCCOCCO.CCCOCC(CO)OCCOCCO.CCCOCCOCC(COCCO)OCCOCCO. The van der Waals surface area contributed by atoms with E-state index in [1.54, 1.807) is 0 Å². The Morgan fingerprint density at radius 1 is 0.308 bits per heavy atom. The van der Waals surface area contributed by atoms with Crippen molar-refractivity contribution in [1.29, 1.82) is 0 Å². The molecule has 3 unspecified atom stereocenters. The van der Waals surface area contributed by atoms with Gasteiger partial charge in [0.1, 0.15) is 12.2 Å². The van der Waals surface area contributed by atoms with E-state index < -0.39 is 0 Å². The lowest BCUT2D eigenvalue weighted by Gasteiger charge is -2.18. The lowest BCUT2D eigenvalue weighted by atomic mass is 10.3. The molecule has 17 nitrogen and oxygen atoms in total. The maximum atomic E-state index is 8.94. The lowest BCUT2D eigenvalue weighted by molar-refractivity contribution is -0.0819. The second-order valence-corrected chi connectivity index (χ2v) is 10.8. The summed E-state index contributed by atoms with van der Waals surface area (Å²) in [6.07, 6.45) is 2.94. The molecule has 0 aromatic carbocycles. The molecule has 0 aromatic heterocycles. The van der Waals surface area contributed by atoms with E-state index in [0.29, 0.717) is 119 Å². The zero-order valence-corrected chi connectivity index (χ0v) is 32.4. The van der Waals surface area contributed by atoms with Crippen LogP contribution in [0.15, 0.2) is 0 Å². The van der Waals surface area contributed by atoms with Gasteiger partial charge in [0.05, 0.1) is 145 Å². The normalized spacial score (nSPS) is 12.9. The third kappa shape index (κ3) is 49.3. The van der Waals surface area contributed by atoms with Crippen LogP contribution in [-0.2, 0) is 52.1 Å². The Morgan fingerprint density at radius 3 is 1.06 bits per heavy atom. The van der Waals surface area contributed by atoms with E-state index >= 15 is 0 Å². The Hall–Kier alpha value is -0.680. The predicted molar refractivity (Wildman–Crippen MR) is 194 cm³/mol. The fourth-order valence-electron chi connectivity index (χ4n) is 3.55. The molecule has 0 heterocycles. The van der Waals surface area contributed by atoms with Gasteiger partial charge in [-0.05, 0) is 25.7 Å². The van der Waals surface area contributed by atoms with Gasteiger partial charge in [-0.25, -0.2) is 0 Å². The van der Waals surface area contributed by atoms with E-state index in [1.165, 1.54) is 0 Å². The minimum Gasteiger partial charge on any atom is -0.396 e. The molecule has 17 heteroatoms. The van der Waals surface area contributed by atoms with Gasteiger partial charge in [0.25, 0.3) is 0 Å². The van der Waals surface area contributed by atoms with Crippen LogP contribution in [0.5, 0.6) is 0 Å². The summed E-state index contributed by atoms with van der Waals surface area (Å²) in [6.45, 7) is 14.9. The van der Waals surface area contributed by atoms with Crippen molar-refractivity contribution in [3.63, 3.8) is 0 Å². The predicted octanol–water partition coefficient (Wildman–Crippen LogP) is -0.178. The monoisotopic (exact) mass is 769 g/mol. The number of hydrogen-bond donors (Lipinski definition) is 6. The first-order valence-electron chi connectivity index (χ1n) is 18.7. The molecule has 3 atom stereocenters. The summed E-state index contributed by atoms with van der Waals surface area (Å²) in [4.78, 5) is 0. The van der Waals surface area contributed by atoms with Gasteiger partial charge in [0, 0.05) is 26.4 Å². The highest BCUT2D eigenvalue weighted by atomic mass is 16.6. The number of rotatable bonds is 40. The van der Waals surface area contributed by atoms with Crippen LogP contribution in [0.4, 0.5) is 0 Å². The summed E-state index contributed by atoms with van der Waals surface area (Å²) in [7, 11) is 0. The molecular weight excluding hydrogens is 692 g/mol. The van der Waals surface area contributed by atoms with E-state index in [2.05, 4.69) is 6.92 Å². The smallest absolute Gasteiger partial charge is 0.104 e. The van der Waals surface area contributed by atoms with Gasteiger partial charge in [-0.3, -0.25) is 0 Å². The van der Waals surface area contributed by atoms with E-state index in [0.717, 1.165) is 25.9 Å². The molecule has 0 saturated carbocycles. The van der Waals surface area contributed by atoms with Crippen molar-refractivity contribution in [2.75, 3.05) is 165 Å². The van der Waals surface area contributed by atoms with Crippen LogP contribution >= 0.6 is 0 Å². The quantitative estimate of drug-likeness (QED) is 0.0445.